The highest BCUT2D eigenvalue weighted by atomic mass is 16.5. The van der Waals surface area contributed by atoms with Crippen molar-refractivity contribution in [3.8, 4) is 0 Å². The third kappa shape index (κ3) is 3.42. The van der Waals surface area contributed by atoms with E-state index in [1.54, 1.807) is 0 Å². The van der Waals surface area contributed by atoms with Gasteiger partial charge in [-0.1, -0.05) is 6.07 Å². The van der Waals surface area contributed by atoms with Crippen molar-refractivity contribution in [1.29, 1.82) is 0 Å². The maximum absolute atomic E-state index is 12.7. The molecule has 1 amide bonds. The predicted octanol–water partition coefficient (Wildman–Crippen LogP) is 1.37. The van der Waals surface area contributed by atoms with Gasteiger partial charge < -0.3 is 20.1 Å². The highest BCUT2D eigenvalue weighted by Gasteiger charge is 2.37. The summed E-state index contributed by atoms with van der Waals surface area (Å²) in [5, 5.41) is 14.0. The van der Waals surface area contributed by atoms with Gasteiger partial charge in [0.25, 0.3) is 5.91 Å². The molecular weight excluding hydrogens is 318 g/mol. The quantitative estimate of drug-likeness (QED) is 0.784. The Kier molecular flexibility index (Phi) is 4.74. The summed E-state index contributed by atoms with van der Waals surface area (Å²) < 4.78 is 5.44. The first-order valence-electron chi connectivity index (χ1n) is 9.05. The normalized spacial score (nSPS) is 25.5. The standard InChI is InChI=1S/C19H25N3O3/c23-12-15-10-22(16-4-7-25-8-5-16)11-18(15)21-19(24)14-2-1-13-3-6-20-17(13)9-14/h1-3,6,9,15-16,18,20,23H,4-5,7-8,10-12H2,(H,21,24)/t15-,18+/m0/s1. The molecule has 6 nitrogen and oxygen atoms in total. The Labute approximate surface area is 147 Å². The van der Waals surface area contributed by atoms with Gasteiger partial charge in [-0.3, -0.25) is 9.69 Å². The minimum Gasteiger partial charge on any atom is -0.396 e. The maximum Gasteiger partial charge on any atom is 0.251 e. The van der Waals surface area contributed by atoms with Crippen molar-refractivity contribution in [2.24, 2.45) is 5.92 Å². The summed E-state index contributed by atoms with van der Waals surface area (Å²) in [6.07, 6.45) is 3.93. The molecule has 4 rings (SSSR count). The van der Waals surface area contributed by atoms with Crippen LogP contribution in [0.3, 0.4) is 0 Å². The molecule has 1 aromatic carbocycles. The molecule has 0 bridgehead atoms. The number of nitrogens with zero attached hydrogens (tertiary/aromatic N) is 1. The summed E-state index contributed by atoms with van der Waals surface area (Å²) in [4.78, 5) is 18.2. The summed E-state index contributed by atoms with van der Waals surface area (Å²) in [6.45, 7) is 3.34. The lowest BCUT2D eigenvalue weighted by molar-refractivity contribution is 0.0399. The molecule has 0 radical (unpaired) electrons. The number of hydrogen-bond donors (Lipinski definition) is 3. The van der Waals surface area contributed by atoms with Gasteiger partial charge in [0.15, 0.2) is 0 Å². The van der Waals surface area contributed by atoms with Gasteiger partial charge in [0.1, 0.15) is 0 Å². The molecule has 2 saturated heterocycles. The number of rotatable bonds is 4. The molecule has 2 aromatic rings. The molecule has 3 N–H and O–H groups in total. The van der Waals surface area contributed by atoms with Gasteiger partial charge in [0.05, 0.1) is 0 Å². The first-order valence-corrected chi connectivity index (χ1v) is 9.05. The number of amides is 1. The predicted molar refractivity (Wildman–Crippen MR) is 95.5 cm³/mol. The number of hydrogen-bond acceptors (Lipinski definition) is 4. The SMILES string of the molecule is O=C(N[C@@H]1CN(C2CCOCC2)C[C@H]1CO)c1ccc2cc[nH]c2c1. The Morgan fingerprint density at radius 2 is 2.12 bits per heavy atom. The van der Waals surface area contributed by atoms with Crippen LogP contribution in [0.2, 0.25) is 0 Å². The van der Waals surface area contributed by atoms with E-state index in [4.69, 9.17) is 4.74 Å². The van der Waals surface area contributed by atoms with Crippen molar-refractivity contribution in [2.75, 3.05) is 32.9 Å². The number of aliphatic hydroxyl groups is 1. The lowest BCUT2D eigenvalue weighted by Gasteiger charge is -2.31. The van der Waals surface area contributed by atoms with E-state index in [0.29, 0.717) is 11.6 Å². The average molecular weight is 343 g/mol. The van der Waals surface area contributed by atoms with Crippen molar-refractivity contribution in [3.63, 3.8) is 0 Å². The maximum atomic E-state index is 12.7. The van der Waals surface area contributed by atoms with E-state index >= 15 is 0 Å². The number of ether oxygens (including phenoxy) is 1. The molecule has 6 heteroatoms. The third-order valence-electron chi connectivity index (χ3n) is 5.54. The minimum atomic E-state index is -0.0752. The molecule has 0 unspecified atom stereocenters. The zero-order valence-electron chi connectivity index (χ0n) is 14.3. The summed E-state index contributed by atoms with van der Waals surface area (Å²) in [6, 6.07) is 8.16. The number of H-pyrrole nitrogens is 1. The minimum absolute atomic E-state index is 0.0142. The average Bonchev–Trinajstić information content (AvgIpc) is 3.28. The van der Waals surface area contributed by atoms with Crippen LogP contribution in [0.5, 0.6) is 0 Å². The summed E-state index contributed by atoms with van der Waals surface area (Å²) >= 11 is 0. The number of aliphatic hydroxyl groups excluding tert-OH is 1. The second kappa shape index (κ2) is 7.15. The van der Waals surface area contributed by atoms with Gasteiger partial charge in [0, 0.05) is 68.2 Å². The number of carbonyl (C=O) groups excluding carboxylic acids is 1. The number of carbonyl (C=O) groups is 1. The zero-order valence-corrected chi connectivity index (χ0v) is 14.3. The van der Waals surface area contributed by atoms with Crippen molar-refractivity contribution >= 4 is 16.8 Å². The van der Waals surface area contributed by atoms with Gasteiger partial charge in [-0.15, -0.1) is 0 Å². The fourth-order valence-corrected chi connectivity index (χ4v) is 4.04. The van der Waals surface area contributed by atoms with Gasteiger partial charge in [-0.05, 0) is 36.4 Å². The summed E-state index contributed by atoms with van der Waals surface area (Å²) in [5.41, 5.74) is 1.61. The molecule has 134 valence electrons. The van der Waals surface area contributed by atoms with E-state index in [1.165, 1.54) is 0 Å². The largest absolute Gasteiger partial charge is 0.396 e. The molecule has 0 spiro atoms. The highest BCUT2D eigenvalue weighted by molar-refractivity contribution is 5.98. The molecule has 0 saturated carbocycles. The van der Waals surface area contributed by atoms with Crippen molar-refractivity contribution in [2.45, 2.75) is 24.9 Å². The smallest absolute Gasteiger partial charge is 0.251 e. The third-order valence-corrected chi connectivity index (χ3v) is 5.54. The number of aromatic amines is 1. The van der Waals surface area contributed by atoms with Crippen molar-refractivity contribution in [1.82, 2.24) is 15.2 Å². The van der Waals surface area contributed by atoms with Gasteiger partial charge in [-0.25, -0.2) is 0 Å². The molecular formula is C19H25N3O3. The Balaban J connectivity index is 1.43. The number of likely N-dealkylation sites (tertiary alicyclic amines) is 1. The van der Waals surface area contributed by atoms with Crippen LogP contribution in [-0.2, 0) is 4.74 Å². The van der Waals surface area contributed by atoms with Gasteiger partial charge >= 0.3 is 0 Å². The summed E-state index contributed by atoms with van der Waals surface area (Å²) in [7, 11) is 0. The molecule has 2 atom stereocenters. The Morgan fingerprint density at radius 1 is 1.28 bits per heavy atom. The van der Waals surface area contributed by atoms with E-state index in [9.17, 15) is 9.90 Å². The first kappa shape index (κ1) is 16.6. The lowest BCUT2D eigenvalue weighted by Crippen LogP contribution is -2.43. The fourth-order valence-electron chi connectivity index (χ4n) is 4.04. The topological polar surface area (TPSA) is 77.6 Å². The Morgan fingerprint density at radius 3 is 2.92 bits per heavy atom. The number of nitrogens with one attached hydrogen (secondary N) is 2. The number of benzene rings is 1. The van der Waals surface area contributed by atoms with E-state index in [0.717, 1.165) is 50.0 Å². The van der Waals surface area contributed by atoms with Crippen LogP contribution in [0.1, 0.15) is 23.2 Å². The van der Waals surface area contributed by atoms with E-state index in [2.05, 4.69) is 15.2 Å². The molecule has 25 heavy (non-hydrogen) atoms. The molecule has 2 aliphatic rings. The van der Waals surface area contributed by atoms with E-state index in [-0.39, 0.29) is 24.5 Å². The van der Waals surface area contributed by atoms with Crippen LogP contribution in [0.25, 0.3) is 10.9 Å². The molecule has 3 heterocycles. The number of aromatic nitrogens is 1. The van der Waals surface area contributed by atoms with Crippen LogP contribution in [0.15, 0.2) is 30.5 Å². The summed E-state index contributed by atoms with van der Waals surface area (Å²) in [5.74, 6) is 0.00907. The fraction of sp³-hybridized carbons (Fsp3) is 0.526. The van der Waals surface area contributed by atoms with E-state index < -0.39 is 0 Å². The van der Waals surface area contributed by atoms with E-state index in [1.807, 2.05) is 30.5 Å². The number of fused-ring (bicyclic) bond motifs is 1. The van der Waals surface area contributed by atoms with Crippen LogP contribution >= 0.6 is 0 Å². The lowest BCUT2D eigenvalue weighted by atomic mass is 10.0. The van der Waals surface area contributed by atoms with Crippen molar-refractivity contribution < 1.29 is 14.6 Å². The molecule has 0 aliphatic carbocycles. The monoisotopic (exact) mass is 343 g/mol. The van der Waals surface area contributed by atoms with Crippen LogP contribution in [0, 0.1) is 5.92 Å². The van der Waals surface area contributed by atoms with Crippen LogP contribution < -0.4 is 5.32 Å². The molecule has 2 aliphatic heterocycles. The second-order valence-electron chi connectivity index (χ2n) is 7.10. The zero-order chi connectivity index (χ0) is 17.2. The van der Waals surface area contributed by atoms with Crippen LogP contribution in [-0.4, -0.2) is 65.9 Å². The van der Waals surface area contributed by atoms with Gasteiger partial charge in [0.2, 0.25) is 0 Å². The first-order chi connectivity index (χ1) is 12.2. The highest BCUT2D eigenvalue weighted by Crippen LogP contribution is 2.24. The molecule has 2 fully saturated rings. The molecule has 1 aromatic heterocycles. The van der Waals surface area contributed by atoms with Gasteiger partial charge in [-0.2, -0.15) is 0 Å². The Hall–Kier alpha value is -1.89. The van der Waals surface area contributed by atoms with Crippen LogP contribution in [0.4, 0.5) is 0 Å². The second-order valence-corrected chi connectivity index (χ2v) is 7.10. The Bertz CT molecular complexity index is 738. The van der Waals surface area contributed by atoms with Crippen molar-refractivity contribution in [3.05, 3.63) is 36.0 Å².